The quantitative estimate of drug-likeness (QED) is 0.749. The molecule has 16 heavy (non-hydrogen) atoms. The molecule has 0 aliphatic carbocycles. The average molecular weight is 265 g/mol. The lowest BCUT2D eigenvalue weighted by Crippen LogP contribution is -2.22. The van der Waals surface area contributed by atoms with Crippen LogP contribution in [0.15, 0.2) is 5.38 Å². The lowest BCUT2D eigenvalue weighted by molar-refractivity contribution is -0.152. The van der Waals surface area contributed by atoms with Crippen LogP contribution in [0.3, 0.4) is 0 Å². The van der Waals surface area contributed by atoms with Crippen LogP contribution in [-0.4, -0.2) is 32.9 Å². The van der Waals surface area contributed by atoms with E-state index < -0.39 is 15.9 Å². The molecule has 2 rings (SSSR count). The molecule has 2 heterocycles. The van der Waals surface area contributed by atoms with Crippen LogP contribution in [0.25, 0.3) is 0 Å². The standard InChI is InChI=1S/C8H11NO5S2/c1-8(12-3-4-13-8)6-5-15-7(9-6)14-16(2,10)11/h5H,3-4H2,1-2H3. The summed E-state index contributed by atoms with van der Waals surface area (Å²) < 4.78 is 37.2. The highest BCUT2D eigenvalue weighted by molar-refractivity contribution is 7.86. The van der Waals surface area contributed by atoms with Gasteiger partial charge in [0.2, 0.25) is 5.79 Å². The smallest absolute Gasteiger partial charge is 0.308 e. The van der Waals surface area contributed by atoms with Crippen LogP contribution in [0.1, 0.15) is 12.6 Å². The van der Waals surface area contributed by atoms with Gasteiger partial charge in [-0.05, 0) is 6.92 Å². The van der Waals surface area contributed by atoms with Gasteiger partial charge in [0.1, 0.15) is 5.69 Å². The zero-order valence-corrected chi connectivity index (χ0v) is 10.4. The number of aromatic nitrogens is 1. The molecule has 0 bridgehead atoms. The first-order chi connectivity index (χ1) is 7.39. The molecule has 0 amide bonds. The fraction of sp³-hybridized carbons (Fsp3) is 0.625. The number of rotatable bonds is 3. The summed E-state index contributed by atoms with van der Waals surface area (Å²) in [7, 11) is -3.54. The Bertz CT molecular complexity index is 474. The molecule has 8 heteroatoms. The molecule has 1 aliphatic heterocycles. The Labute approximate surface area is 97.3 Å². The summed E-state index contributed by atoms with van der Waals surface area (Å²) in [5, 5.41) is 1.73. The van der Waals surface area contributed by atoms with Gasteiger partial charge >= 0.3 is 10.1 Å². The van der Waals surface area contributed by atoms with E-state index in [1.165, 1.54) is 0 Å². The minimum atomic E-state index is -3.54. The van der Waals surface area contributed by atoms with Crippen molar-refractivity contribution in [3.8, 4) is 5.19 Å². The van der Waals surface area contributed by atoms with Crippen LogP contribution in [0, 0.1) is 0 Å². The first-order valence-corrected chi connectivity index (χ1v) is 7.22. The molecule has 0 saturated carbocycles. The van der Waals surface area contributed by atoms with E-state index in [2.05, 4.69) is 9.17 Å². The number of nitrogens with zero attached hydrogens (tertiary/aromatic N) is 1. The zero-order valence-electron chi connectivity index (χ0n) is 8.80. The van der Waals surface area contributed by atoms with E-state index in [1.54, 1.807) is 12.3 Å². The topological polar surface area (TPSA) is 74.7 Å². The monoisotopic (exact) mass is 265 g/mol. The molecule has 90 valence electrons. The van der Waals surface area contributed by atoms with Gasteiger partial charge in [-0.25, -0.2) is 4.98 Å². The van der Waals surface area contributed by atoms with E-state index in [-0.39, 0.29) is 5.19 Å². The maximum absolute atomic E-state index is 10.9. The Kier molecular flexibility index (Phi) is 2.91. The fourth-order valence-electron chi connectivity index (χ4n) is 1.30. The summed E-state index contributed by atoms with van der Waals surface area (Å²) in [6.45, 7) is 2.73. The Morgan fingerprint density at radius 2 is 2.12 bits per heavy atom. The van der Waals surface area contributed by atoms with Crippen molar-refractivity contribution >= 4 is 21.5 Å². The van der Waals surface area contributed by atoms with E-state index in [4.69, 9.17) is 9.47 Å². The van der Waals surface area contributed by atoms with E-state index >= 15 is 0 Å². The molecule has 1 aromatic rings. The third-order valence-corrected chi connectivity index (χ3v) is 3.29. The lowest BCUT2D eigenvalue weighted by Gasteiger charge is -2.19. The zero-order chi connectivity index (χ0) is 11.8. The molecule has 6 nitrogen and oxygen atoms in total. The van der Waals surface area contributed by atoms with Crippen LogP contribution in [0.5, 0.6) is 5.19 Å². The predicted molar refractivity (Wildman–Crippen MR) is 56.8 cm³/mol. The summed E-state index contributed by atoms with van der Waals surface area (Å²) in [4.78, 5) is 4.02. The molecule has 0 spiro atoms. The summed E-state index contributed by atoms with van der Waals surface area (Å²) in [6, 6.07) is 0. The minimum Gasteiger partial charge on any atom is -0.352 e. The molecule has 1 saturated heterocycles. The largest absolute Gasteiger partial charge is 0.352 e. The highest BCUT2D eigenvalue weighted by atomic mass is 32.2. The number of hydrogen-bond donors (Lipinski definition) is 0. The third-order valence-electron chi connectivity index (χ3n) is 2.01. The Morgan fingerprint density at radius 3 is 2.69 bits per heavy atom. The number of thiazole rings is 1. The van der Waals surface area contributed by atoms with Gasteiger partial charge in [-0.2, -0.15) is 8.42 Å². The fourth-order valence-corrected chi connectivity index (χ4v) is 2.75. The first-order valence-electron chi connectivity index (χ1n) is 4.52. The molecule has 0 unspecified atom stereocenters. The first kappa shape index (κ1) is 11.8. The molecule has 1 aliphatic rings. The molecular formula is C8H11NO5S2. The van der Waals surface area contributed by atoms with Crippen molar-refractivity contribution in [2.24, 2.45) is 0 Å². The van der Waals surface area contributed by atoms with Crippen molar-refractivity contribution < 1.29 is 22.1 Å². The molecule has 0 N–H and O–H groups in total. The van der Waals surface area contributed by atoms with Crippen molar-refractivity contribution in [3.63, 3.8) is 0 Å². The van der Waals surface area contributed by atoms with E-state index in [0.717, 1.165) is 17.6 Å². The van der Waals surface area contributed by atoms with Gasteiger partial charge in [0.15, 0.2) is 0 Å². The average Bonchev–Trinajstić information content (AvgIpc) is 2.72. The van der Waals surface area contributed by atoms with Crippen molar-refractivity contribution in [2.75, 3.05) is 19.5 Å². The van der Waals surface area contributed by atoms with Gasteiger partial charge in [0.25, 0.3) is 5.19 Å². The summed E-state index contributed by atoms with van der Waals surface area (Å²) >= 11 is 1.09. The third kappa shape index (κ3) is 2.51. The number of ether oxygens (including phenoxy) is 2. The molecule has 0 aromatic carbocycles. The second kappa shape index (κ2) is 3.95. The molecule has 0 atom stereocenters. The summed E-state index contributed by atoms with van der Waals surface area (Å²) in [5.41, 5.74) is 0.522. The van der Waals surface area contributed by atoms with Crippen LogP contribution >= 0.6 is 11.3 Å². The SMILES string of the molecule is CC1(c2csc(OS(C)(=O)=O)n2)OCCO1. The highest BCUT2D eigenvalue weighted by Gasteiger charge is 2.36. The van der Waals surface area contributed by atoms with Gasteiger partial charge in [-0.3, -0.25) is 0 Å². The van der Waals surface area contributed by atoms with Crippen molar-refractivity contribution in [3.05, 3.63) is 11.1 Å². The maximum Gasteiger partial charge on any atom is 0.308 e. The lowest BCUT2D eigenvalue weighted by atomic mass is 10.2. The normalized spacial score (nSPS) is 19.9. The Balaban J connectivity index is 2.19. The van der Waals surface area contributed by atoms with Crippen LogP contribution in [-0.2, 0) is 25.4 Å². The van der Waals surface area contributed by atoms with E-state index in [0.29, 0.717) is 18.9 Å². The molecular weight excluding hydrogens is 254 g/mol. The number of hydrogen-bond acceptors (Lipinski definition) is 7. The summed E-state index contributed by atoms with van der Waals surface area (Å²) in [6.07, 6.45) is 0.971. The van der Waals surface area contributed by atoms with Crippen LogP contribution in [0.2, 0.25) is 0 Å². The molecule has 1 fully saturated rings. The Morgan fingerprint density at radius 1 is 1.50 bits per heavy atom. The molecule has 1 aromatic heterocycles. The van der Waals surface area contributed by atoms with E-state index in [1.807, 2.05) is 0 Å². The van der Waals surface area contributed by atoms with Gasteiger partial charge in [0.05, 0.1) is 19.5 Å². The van der Waals surface area contributed by atoms with Crippen LogP contribution in [0.4, 0.5) is 0 Å². The van der Waals surface area contributed by atoms with Crippen molar-refractivity contribution in [2.45, 2.75) is 12.7 Å². The van der Waals surface area contributed by atoms with Gasteiger partial charge < -0.3 is 13.7 Å². The van der Waals surface area contributed by atoms with Gasteiger partial charge in [-0.15, -0.1) is 0 Å². The van der Waals surface area contributed by atoms with Crippen LogP contribution < -0.4 is 4.18 Å². The van der Waals surface area contributed by atoms with Gasteiger partial charge in [0, 0.05) is 5.38 Å². The van der Waals surface area contributed by atoms with Gasteiger partial charge in [-0.1, -0.05) is 11.3 Å². The van der Waals surface area contributed by atoms with Crippen molar-refractivity contribution in [1.29, 1.82) is 0 Å². The highest BCUT2D eigenvalue weighted by Crippen LogP contribution is 2.33. The maximum atomic E-state index is 10.9. The Hall–Kier alpha value is -0.700. The summed E-state index contributed by atoms with van der Waals surface area (Å²) in [5.74, 6) is -0.893. The minimum absolute atomic E-state index is 0.0674. The second-order valence-electron chi connectivity index (χ2n) is 3.43. The predicted octanol–water partition coefficient (Wildman–Crippen LogP) is 0.701. The second-order valence-corrected chi connectivity index (χ2v) is 5.82. The van der Waals surface area contributed by atoms with Crippen molar-refractivity contribution in [1.82, 2.24) is 4.98 Å². The molecule has 0 radical (unpaired) electrons. The van der Waals surface area contributed by atoms with E-state index in [9.17, 15) is 8.42 Å².